The van der Waals surface area contributed by atoms with Crippen LogP contribution in [0.5, 0.6) is 0 Å². The minimum atomic E-state index is 0.143. The van der Waals surface area contributed by atoms with Crippen LogP contribution >= 0.6 is 27.7 Å². The topological polar surface area (TPSA) is 59.2 Å². The van der Waals surface area contributed by atoms with Crippen LogP contribution in [0.15, 0.2) is 38.4 Å². The Balaban J connectivity index is 1.56. The van der Waals surface area contributed by atoms with Gasteiger partial charge in [-0.15, -0.1) is 10.2 Å². The smallest absolute Gasteiger partial charge is 0.277 e. The van der Waals surface area contributed by atoms with Crippen molar-refractivity contribution in [1.82, 2.24) is 15.1 Å². The minimum Gasteiger partial charge on any atom is -0.411 e. The number of amides is 1. The third kappa shape index (κ3) is 4.35. The Labute approximate surface area is 148 Å². The molecule has 0 unspecified atom stereocenters. The van der Waals surface area contributed by atoms with Crippen molar-refractivity contribution in [3.05, 3.63) is 28.7 Å². The van der Waals surface area contributed by atoms with Gasteiger partial charge in [-0.2, -0.15) is 0 Å². The van der Waals surface area contributed by atoms with Crippen molar-refractivity contribution in [2.24, 2.45) is 5.92 Å². The maximum absolute atomic E-state index is 12.2. The Bertz CT molecular complexity index is 683. The van der Waals surface area contributed by atoms with E-state index in [9.17, 15) is 4.79 Å². The van der Waals surface area contributed by atoms with Crippen LogP contribution in [-0.4, -0.2) is 39.8 Å². The minimum absolute atomic E-state index is 0.143. The first-order valence-corrected chi connectivity index (χ1v) is 9.39. The Morgan fingerprint density at radius 1 is 1.39 bits per heavy atom. The van der Waals surface area contributed by atoms with Crippen LogP contribution in [0.25, 0.3) is 11.5 Å². The lowest BCUT2D eigenvalue weighted by molar-refractivity contribution is -0.129. The summed E-state index contributed by atoms with van der Waals surface area (Å²) in [6, 6.07) is 7.68. The highest BCUT2D eigenvalue weighted by atomic mass is 79.9. The van der Waals surface area contributed by atoms with Gasteiger partial charge in [0.15, 0.2) is 0 Å². The molecule has 5 nitrogen and oxygen atoms in total. The maximum Gasteiger partial charge on any atom is 0.277 e. The van der Waals surface area contributed by atoms with Crippen molar-refractivity contribution in [3.63, 3.8) is 0 Å². The Morgan fingerprint density at radius 2 is 2.17 bits per heavy atom. The molecule has 0 saturated carbocycles. The van der Waals surface area contributed by atoms with Crippen LogP contribution in [0.1, 0.15) is 19.8 Å². The van der Waals surface area contributed by atoms with Gasteiger partial charge >= 0.3 is 0 Å². The molecule has 122 valence electrons. The van der Waals surface area contributed by atoms with E-state index in [1.54, 1.807) is 0 Å². The van der Waals surface area contributed by atoms with Crippen LogP contribution in [0.4, 0.5) is 0 Å². The molecular weight excluding hydrogens is 378 g/mol. The van der Waals surface area contributed by atoms with Gasteiger partial charge in [-0.1, -0.05) is 40.7 Å². The molecule has 7 heteroatoms. The monoisotopic (exact) mass is 395 g/mol. The SMILES string of the molecule is CC1CCN(C(=O)CSc2nnc(-c3cccc(Br)c3)o2)CC1. The van der Waals surface area contributed by atoms with Crippen LogP contribution < -0.4 is 0 Å². The molecule has 1 saturated heterocycles. The van der Waals surface area contributed by atoms with Crippen molar-refractivity contribution >= 4 is 33.6 Å². The molecule has 1 aromatic heterocycles. The molecule has 0 spiro atoms. The van der Waals surface area contributed by atoms with Gasteiger partial charge in [0, 0.05) is 23.1 Å². The van der Waals surface area contributed by atoms with Crippen molar-refractivity contribution < 1.29 is 9.21 Å². The van der Waals surface area contributed by atoms with Gasteiger partial charge in [0.1, 0.15) is 0 Å². The third-order valence-corrected chi connectivity index (χ3v) is 5.23. The predicted molar refractivity (Wildman–Crippen MR) is 93.1 cm³/mol. The molecule has 0 radical (unpaired) electrons. The highest BCUT2D eigenvalue weighted by Crippen LogP contribution is 2.26. The normalized spacial score (nSPS) is 15.8. The molecule has 1 aliphatic rings. The Kier molecular flexibility index (Phi) is 5.38. The fourth-order valence-corrected chi connectivity index (χ4v) is 3.54. The van der Waals surface area contributed by atoms with Gasteiger partial charge in [-0.3, -0.25) is 4.79 Å². The van der Waals surface area contributed by atoms with E-state index in [1.165, 1.54) is 11.8 Å². The van der Waals surface area contributed by atoms with Crippen molar-refractivity contribution in [2.45, 2.75) is 25.0 Å². The van der Waals surface area contributed by atoms with Gasteiger partial charge in [-0.25, -0.2) is 0 Å². The highest BCUT2D eigenvalue weighted by molar-refractivity contribution is 9.10. The molecular formula is C16H18BrN3O2S. The number of rotatable bonds is 4. The summed E-state index contributed by atoms with van der Waals surface area (Å²) in [4.78, 5) is 14.1. The lowest BCUT2D eigenvalue weighted by atomic mass is 9.99. The average molecular weight is 396 g/mol. The zero-order valence-electron chi connectivity index (χ0n) is 12.9. The van der Waals surface area contributed by atoms with Crippen molar-refractivity contribution in [3.8, 4) is 11.5 Å². The molecule has 2 heterocycles. The molecule has 1 amide bonds. The summed E-state index contributed by atoms with van der Waals surface area (Å²) in [5.41, 5.74) is 0.857. The van der Waals surface area contributed by atoms with E-state index >= 15 is 0 Å². The van der Waals surface area contributed by atoms with Crippen LogP contribution in [-0.2, 0) is 4.79 Å². The Morgan fingerprint density at radius 3 is 2.91 bits per heavy atom. The summed E-state index contributed by atoms with van der Waals surface area (Å²) in [7, 11) is 0. The molecule has 1 fully saturated rings. The molecule has 23 heavy (non-hydrogen) atoms. The molecule has 2 aromatic rings. The van der Waals surface area contributed by atoms with E-state index in [-0.39, 0.29) is 5.91 Å². The second-order valence-electron chi connectivity index (χ2n) is 5.74. The second kappa shape index (κ2) is 7.49. The first-order chi connectivity index (χ1) is 11.1. The quantitative estimate of drug-likeness (QED) is 0.735. The number of nitrogens with zero attached hydrogens (tertiary/aromatic N) is 3. The van der Waals surface area contributed by atoms with Crippen molar-refractivity contribution in [2.75, 3.05) is 18.8 Å². The molecule has 1 aliphatic heterocycles. The zero-order chi connectivity index (χ0) is 16.2. The van der Waals surface area contributed by atoms with Gasteiger partial charge in [0.05, 0.1) is 5.75 Å². The second-order valence-corrected chi connectivity index (χ2v) is 7.58. The summed E-state index contributed by atoms with van der Waals surface area (Å²) >= 11 is 4.72. The number of aromatic nitrogens is 2. The molecule has 0 aliphatic carbocycles. The third-order valence-electron chi connectivity index (χ3n) is 3.93. The summed E-state index contributed by atoms with van der Waals surface area (Å²) in [5.74, 6) is 1.67. The molecule has 1 aromatic carbocycles. The first kappa shape index (κ1) is 16.5. The predicted octanol–water partition coefficient (Wildman–Crippen LogP) is 3.85. The van der Waals surface area contributed by atoms with Gasteiger partial charge in [0.25, 0.3) is 5.22 Å². The summed E-state index contributed by atoms with van der Waals surface area (Å²) in [6.45, 7) is 3.94. The number of halogens is 1. The van der Waals surface area contributed by atoms with Crippen LogP contribution in [0.3, 0.4) is 0 Å². The standard InChI is InChI=1S/C16H18BrN3O2S/c1-11-5-7-20(8-6-11)14(21)10-23-16-19-18-15(22-16)12-3-2-4-13(17)9-12/h2-4,9,11H,5-8,10H2,1H3. The largest absolute Gasteiger partial charge is 0.411 e. The number of carbonyl (C=O) groups excluding carboxylic acids is 1. The fraction of sp³-hybridized carbons (Fsp3) is 0.438. The molecule has 0 N–H and O–H groups in total. The van der Waals surface area contributed by atoms with E-state index in [2.05, 4.69) is 33.1 Å². The van der Waals surface area contributed by atoms with E-state index in [4.69, 9.17) is 4.42 Å². The summed E-state index contributed by atoms with van der Waals surface area (Å²) in [6.07, 6.45) is 2.17. The number of piperidine rings is 1. The highest BCUT2D eigenvalue weighted by Gasteiger charge is 2.21. The number of hydrogen-bond donors (Lipinski definition) is 0. The lowest BCUT2D eigenvalue weighted by Crippen LogP contribution is -2.38. The molecule has 0 bridgehead atoms. The average Bonchev–Trinajstić information content (AvgIpc) is 3.02. The number of thioether (sulfide) groups is 1. The van der Waals surface area contributed by atoms with Crippen molar-refractivity contribution in [1.29, 1.82) is 0 Å². The van der Waals surface area contributed by atoms with E-state index in [0.717, 1.165) is 41.9 Å². The van der Waals surface area contributed by atoms with Crippen LogP contribution in [0.2, 0.25) is 0 Å². The van der Waals surface area contributed by atoms with E-state index in [0.29, 0.717) is 16.9 Å². The summed E-state index contributed by atoms with van der Waals surface area (Å²) in [5, 5.41) is 8.49. The fourth-order valence-electron chi connectivity index (χ4n) is 2.48. The zero-order valence-corrected chi connectivity index (χ0v) is 15.3. The number of hydrogen-bond acceptors (Lipinski definition) is 5. The summed E-state index contributed by atoms with van der Waals surface area (Å²) < 4.78 is 6.58. The Hall–Kier alpha value is -1.34. The number of likely N-dealkylation sites (tertiary alicyclic amines) is 1. The first-order valence-electron chi connectivity index (χ1n) is 7.62. The maximum atomic E-state index is 12.2. The number of carbonyl (C=O) groups is 1. The van der Waals surface area contributed by atoms with Gasteiger partial charge in [-0.05, 0) is 37.0 Å². The van der Waals surface area contributed by atoms with Crippen LogP contribution in [0, 0.1) is 5.92 Å². The van der Waals surface area contributed by atoms with Gasteiger partial charge < -0.3 is 9.32 Å². The van der Waals surface area contributed by atoms with E-state index in [1.807, 2.05) is 29.2 Å². The van der Waals surface area contributed by atoms with E-state index < -0.39 is 0 Å². The lowest BCUT2D eigenvalue weighted by Gasteiger charge is -2.30. The molecule has 3 rings (SSSR count). The number of benzene rings is 1. The molecule has 0 atom stereocenters. The van der Waals surface area contributed by atoms with Gasteiger partial charge in [0.2, 0.25) is 11.8 Å².